The predicted octanol–water partition coefficient (Wildman–Crippen LogP) is 2.12. The molecule has 2 N–H and O–H groups in total. The molecule has 0 saturated carbocycles. The van der Waals surface area contributed by atoms with Crippen molar-refractivity contribution >= 4 is 21.7 Å². The number of piperazine rings is 1. The van der Waals surface area contributed by atoms with E-state index >= 15 is 0 Å². The van der Waals surface area contributed by atoms with E-state index in [0.717, 1.165) is 11.4 Å². The standard InChI is InChI=1S/C26H27N7O3S/c27-37(35,36)22-11-9-21(10-12-22)23-19-33(30-29-23)24(18-20-6-2-1-3-7-20)26(34)32-16-14-31(15-17-32)25-8-4-5-13-28-25/h1-13,19,24H,14-18H2,(H2,27,35,36)/t24-/m0/s1. The molecule has 2 aromatic heterocycles. The van der Waals surface area contributed by atoms with Crippen LogP contribution in [0.5, 0.6) is 0 Å². The predicted molar refractivity (Wildman–Crippen MR) is 139 cm³/mol. The number of hydrogen-bond acceptors (Lipinski definition) is 7. The summed E-state index contributed by atoms with van der Waals surface area (Å²) >= 11 is 0. The second-order valence-corrected chi connectivity index (χ2v) is 10.4. The van der Waals surface area contributed by atoms with Crippen LogP contribution in [-0.4, -0.2) is 65.4 Å². The molecule has 190 valence electrons. The number of hydrogen-bond donors (Lipinski definition) is 1. The molecule has 0 unspecified atom stereocenters. The highest BCUT2D eigenvalue weighted by Gasteiger charge is 2.30. The Labute approximate surface area is 215 Å². The number of sulfonamides is 1. The van der Waals surface area contributed by atoms with Crippen LogP contribution < -0.4 is 10.0 Å². The van der Waals surface area contributed by atoms with Crippen molar-refractivity contribution in [2.24, 2.45) is 5.14 Å². The van der Waals surface area contributed by atoms with E-state index < -0.39 is 16.1 Å². The van der Waals surface area contributed by atoms with Gasteiger partial charge in [0.25, 0.3) is 0 Å². The van der Waals surface area contributed by atoms with Crippen LogP contribution in [0, 0.1) is 0 Å². The zero-order chi connectivity index (χ0) is 25.8. The van der Waals surface area contributed by atoms with Gasteiger partial charge in [-0.25, -0.2) is 23.2 Å². The number of anilines is 1. The molecule has 0 aliphatic carbocycles. The molecule has 1 atom stereocenters. The molecular weight excluding hydrogens is 490 g/mol. The number of nitrogens with two attached hydrogens (primary N) is 1. The minimum atomic E-state index is -3.79. The van der Waals surface area contributed by atoms with Gasteiger partial charge in [0, 0.05) is 44.4 Å². The van der Waals surface area contributed by atoms with Crippen LogP contribution in [0.1, 0.15) is 11.6 Å². The molecule has 2 aromatic carbocycles. The number of carbonyl (C=O) groups excluding carboxylic acids is 1. The van der Waals surface area contributed by atoms with E-state index in [1.807, 2.05) is 53.4 Å². The second kappa shape index (κ2) is 10.5. The van der Waals surface area contributed by atoms with Crippen molar-refractivity contribution in [3.63, 3.8) is 0 Å². The number of pyridine rings is 1. The average molecular weight is 518 g/mol. The van der Waals surface area contributed by atoms with E-state index in [2.05, 4.69) is 20.2 Å². The highest BCUT2D eigenvalue weighted by molar-refractivity contribution is 7.89. The van der Waals surface area contributed by atoms with Gasteiger partial charge in [0.2, 0.25) is 15.9 Å². The first kappa shape index (κ1) is 24.6. The van der Waals surface area contributed by atoms with Crippen LogP contribution >= 0.6 is 0 Å². The number of benzene rings is 2. The van der Waals surface area contributed by atoms with Gasteiger partial charge in [0.15, 0.2) is 0 Å². The van der Waals surface area contributed by atoms with Gasteiger partial charge in [0.1, 0.15) is 17.6 Å². The summed E-state index contributed by atoms with van der Waals surface area (Å²) in [5.41, 5.74) is 2.22. The molecule has 37 heavy (non-hydrogen) atoms. The van der Waals surface area contributed by atoms with E-state index in [1.165, 1.54) is 12.1 Å². The first-order valence-electron chi connectivity index (χ1n) is 11.9. The molecule has 4 aromatic rings. The van der Waals surface area contributed by atoms with E-state index in [4.69, 9.17) is 5.14 Å². The molecule has 1 amide bonds. The van der Waals surface area contributed by atoms with E-state index in [9.17, 15) is 13.2 Å². The van der Waals surface area contributed by atoms with Crippen molar-refractivity contribution in [1.82, 2.24) is 24.9 Å². The van der Waals surface area contributed by atoms with Gasteiger partial charge >= 0.3 is 0 Å². The van der Waals surface area contributed by atoms with Gasteiger partial charge < -0.3 is 9.80 Å². The molecule has 1 saturated heterocycles. The van der Waals surface area contributed by atoms with Gasteiger partial charge in [-0.2, -0.15) is 0 Å². The third-order valence-electron chi connectivity index (χ3n) is 6.43. The Morgan fingerprint density at radius 3 is 2.27 bits per heavy atom. The van der Waals surface area contributed by atoms with Crippen LogP contribution in [-0.2, 0) is 21.2 Å². The number of primary sulfonamides is 1. The lowest BCUT2D eigenvalue weighted by molar-refractivity contribution is -0.135. The second-order valence-electron chi connectivity index (χ2n) is 8.86. The molecule has 1 aliphatic heterocycles. The van der Waals surface area contributed by atoms with Crippen molar-refractivity contribution in [2.45, 2.75) is 17.4 Å². The zero-order valence-electron chi connectivity index (χ0n) is 20.1. The average Bonchev–Trinajstić information content (AvgIpc) is 3.42. The molecule has 0 spiro atoms. The van der Waals surface area contributed by atoms with Gasteiger partial charge in [-0.15, -0.1) is 5.10 Å². The summed E-state index contributed by atoms with van der Waals surface area (Å²) in [5, 5.41) is 13.8. The summed E-state index contributed by atoms with van der Waals surface area (Å²) in [7, 11) is -3.79. The van der Waals surface area contributed by atoms with E-state index in [1.54, 1.807) is 29.2 Å². The Bertz CT molecular complexity index is 1450. The van der Waals surface area contributed by atoms with Gasteiger partial charge in [-0.3, -0.25) is 4.79 Å². The Hall–Kier alpha value is -4.09. The quantitative estimate of drug-likeness (QED) is 0.398. The fourth-order valence-corrected chi connectivity index (χ4v) is 4.93. The normalized spacial score (nSPS) is 14.9. The summed E-state index contributed by atoms with van der Waals surface area (Å²) in [6.07, 6.45) is 3.96. The molecule has 11 heteroatoms. The molecule has 0 radical (unpaired) electrons. The maximum Gasteiger partial charge on any atom is 0.247 e. The Balaban J connectivity index is 1.37. The van der Waals surface area contributed by atoms with Crippen LogP contribution in [0.3, 0.4) is 0 Å². The van der Waals surface area contributed by atoms with Crippen molar-refractivity contribution in [3.05, 3.63) is 90.8 Å². The molecule has 1 fully saturated rings. The number of amides is 1. The van der Waals surface area contributed by atoms with E-state index in [0.29, 0.717) is 43.9 Å². The fraction of sp³-hybridized carbons (Fsp3) is 0.231. The Morgan fingerprint density at radius 2 is 1.62 bits per heavy atom. The zero-order valence-corrected chi connectivity index (χ0v) is 20.9. The number of rotatable bonds is 7. The minimum Gasteiger partial charge on any atom is -0.353 e. The van der Waals surface area contributed by atoms with Gasteiger partial charge in [-0.1, -0.05) is 53.7 Å². The van der Waals surface area contributed by atoms with Crippen molar-refractivity contribution in [2.75, 3.05) is 31.1 Å². The van der Waals surface area contributed by atoms with Gasteiger partial charge in [-0.05, 0) is 29.8 Å². The van der Waals surface area contributed by atoms with Crippen LogP contribution in [0.4, 0.5) is 5.82 Å². The van der Waals surface area contributed by atoms with Crippen LogP contribution in [0.25, 0.3) is 11.3 Å². The first-order valence-corrected chi connectivity index (χ1v) is 13.5. The van der Waals surface area contributed by atoms with Gasteiger partial charge in [0.05, 0.1) is 11.1 Å². The molecular formula is C26H27N7O3S. The smallest absolute Gasteiger partial charge is 0.247 e. The lowest BCUT2D eigenvalue weighted by atomic mass is 10.0. The molecule has 10 nitrogen and oxygen atoms in total. The Kier molecular flexibility index (Phi) is 6.97. The lowest BCUT2D eigenvalue weighted by Crippen LogP contribution is -2.51. The fourth-order valence-electron chi connectivity index (χ4n) is 4.42. The molecule has 0 bridgehead atoms. The topological polar surface area (TPSA) is 127 Å². The minimum absolute atomic E-state index is 0.0191. The molecule has 5 rings (SSSR count). The van der Waals surface area contributed by atoms with Crippen molar-refractivity contribution in [3.8, 4) is 11.3 Å². The largest absolute Gasteiger partial charge is 0.353 e. The van der Waals surface area contributed by atoms with Crippen LogP contribution in [0.2, 0.25) is 0 Å². The van der Waals surface area contributed by atoms with E-state index in [-0.39, 0.29) is 10.8 Å². The lowest BCUT2D eigenvalue weighted by Gasteiger charge is -2.37. The summed E-state index contributed by atoms with van der Waals surface area (Å²) in [5.74, 6) is 0.885. The first-order chi connectivity index (χ1) is 17.9. The highest BCUT2D eigenvalue weighted by Crippen LogP contribution is 2.23. The maximum atomic E-state index is 13.8. The summed E-state index contributed by atoms with van der Waals surface area (Å²) < 4.78 is 24.7. The summed E-state index contributed by atoms with van der Waals surface area (Å²) in [4.78, 5) is 22.3. The highest BCUT2D eigenvalue weighted by atomic mass is 32.2. The summed E-state index contributed by atoms with van der Waals surface area (Å²) in [6.45, 7) is 2.55. The number of aromatic nitrogens is 4. The van der Waals surface area contributed by atoms with Crippen LogP contribution in [0.15, 0.2) is 90.1 Å². The summed E-state index contributed by atoms with van der Waals surface area (Å²) in [6, 6.07) is 21.2. The monoisotopic (exact) mass is 517 g/mol. The molecule has 1 aliphatic rings. The number of carbonyl (C=O) groups is 1. The molecule has 3 heterocycles. The van der Waals surface area contributed by atoms with Crippen molar-refractivity contribution < 1.29 is 13.2 Å². The SMILES string of the molecule is NS(=O)(=O)c1ccc(-c2cn([C@@H](Cc3ccccc3)C(=O)N3CCN(c4ccccn4)CC3)nn2)cc1. The van der Waals surface area contributed by atoms with Crippen molar-refractivity contribution in [1.29, 1.82) is 0 Å². The Morgan fingerprint density at radius 1 is 0.919 bits per heavy atom. The maximum absolute atomic E-state index is 13.8. The number of nitrogens with zero attached hydrogens (tertiary/aromatic N) is 6. The third-order valence-corrected chi connectivity index (χ3v) is 7.36. The third kappa shape index (κ3) is 5.68.